The smallest absolute Gasteiger partial charge is 0.149 e. The summed E-state index contributed by atoms with van der Waals surface area (Å²) < 4.78 is 12.4. The number of hydrogen-bond donors (Lipinski definition) is 0. The van der Waals surface area contributed by atoms with Gasteiger partial charge in [-0.3, -0.25) is 4.90 Å². The third-order valence-corrected chi connectivity index (χ3v) is 6.94. The van der Waals surface area contributed by atoms with Gasteiger partial charge in [0, 0.05) is 12.1 Å². The van der Waals surface area contributed by atoms with E-state index in [1.807, 2.05) is 18.2 Å². The lowest BCUT2D eigenvalue weighted by molar-refractivity contribution is 0.183. The summed E-state index contributed by atoms with van der Waals surface area (Å²) in [5.41, 5.74) is 2.23. The van der Waals surface area contributed by atoms with E-state index in [9.17, 15) is 0 Å². The number of para-hydroxylation sites is 1. The first-order chi connectivity index (χ1) is 15.4. The van der Waals surface area contributed by atoms with Crippen LogP contribution in [0.3, 0.4) is 0 Å². The fourth-order valence-electron chi connectivity index (χ4n) is 4.08. The molecule has 31 heavy (non-hydrogen) atoms. The van der Waals surface area contributed by atoms with Gasteiger partial charge in [-0.05, 0) is 67.9 Å². The summed E-state index contributed by atoms with van der Waals surface area (Å²) in [5.74, 6) is 2.71. The monoisotopic (exact) mass is 429 g/mol. The third kappa shape index (κ3) is 4.81. The molecule has 0 amide bonds. The van der Waals surface area contributed by atoms with E-state index in [4.69, 9.17) is 9.47 Å². The van der Waals surface area contributed by atoms with Crippen molar-refractivity contribution in [3.63, 3.8) is 0 Å². The van der Waals surface area contributed by atoms with Gasteiger partial charge in [0.05, 0.1) is 9.80 Å². The summed E-state index contributed by atoms with van der Waals surface area (Å²) in [6, 6.07) is 27.0. The second kappa shape index (κ2) is 9.63. The van der Waals surface area contributed by atoms with Crippen LogP contribution in [0.25, 0.3) is 10.7 Å². The molecule has 0 N–H and O–H groups in total. The minimum absolute atomic E-state index is 0.733. The van der Waals surface area contributed by atoms with Gasteiger partial charge in [0.15, 0.2) is 0 Å². The first kappa shape index (κ1) is 20.2. The van der Waals surface area contributed by atoms with Crippen molar-refractivity contribution in [2.45, 2.75) is 24.2 Å². The molecular weight excluding hydrogens is 402 g/mol. The van der Waals surface area contributed by atoms with Crippen molar-refractivity contribution in [2.24, 2.45) is 0 Å². The Kier molecular flexibility index (Phi) is 6.28. The fourth-order valence-corrected chi connectivity index (χ4v) is 5.16. The molecule has 1 fully saturated rings. The number of ether oxygens (including phenoxy) is 2. The zero-order valence-corrected chi connectivity index (χ0v) is 18.4. The quantitative estimate of drug-likeness (QED) is 0.442. The van der Waals surface area contributed by atoms with Gasteiger partial charge in [-0.15, -0.1) is 0 Å². The highest BCUT2D eigenvalue weighted by Crippen LogP contribution is 2.48. The Bertz CT molecular complexity index is 1040. The number of piperidine rings is 1. The van der Waals surface area contributed by atoms with Gasteiger partial charge >= 0.3 is 0 Å². The molecule has 0 aliphatic carbocycles. The van der Waals surface area contributed by atoms with Crippen LogP contribution in [0.4, 0.5) is 0 Å². The predicted octanol–water partition coefficient (Wildman–Crippen LogP) is 6.56. The number of nitrogens with zero attached hydrogens (tertiary/aromatic N) is 1. The summed E-state index contributed by atoms with van der Waals surface area (Å²) in [6.45, 7) is 4.14. The van der Waals surface area contributed by atoms with E-state index in [0.29, 0.717) is 0 Å². The Morgan fingerprint density at radius 3 is 2.32 bits per heavy atom. The van der Waals surface area contributed by atoms with Crippen molar-refractivity contribution in [1.29, 1.82) is 0 Å². The molecule has 0 radical (unpaired) electrons. The minimum atomic E-state index is 0.733. The summed E-state index contributed by atoms with van der Waals surface area (Å²) in [7, 11) is 0. The molecule has 0 saturated carbocycles. The zero-order chi connectivity index (χ0) is 20.9. The number of benzene rings is 3. The van der Waals surface area contributed by atoms with Crippen LogP contribution >= 0.6 is 11.8 Å². The molecular formula is C27H27NO2S. The maximum atomic E-state index is 6.40. The average molecular weight is 430 g/mol. The second-order valence-corrected chi connectivity index (χ2v) is 9.00. The van der Waals surface area contributed by atoms with E-state index < -0.39 is 0 Å². The maximum absolute atomic E-state index is 6.40. The highest BCUT2D eigenvalue weighted by molar-refractivity contribution is 8.08. The van der Waals surface area contributed by atoms with E-state index in [2.05, 4.69) is 65.6 Å². The van der Waals surface area contributed by atoms with Crippen LogP contribution < -0.4 is 9.47 Å². The largest absolute Gasteiger partial charge is 0.492 e. The SMILES string of the molecule is c1ccc(C2=C(c3ccc(OCCN4CCCCC4)cc3)Oc3ccccc3S2)cc1. The second-order valence-electron chi connectivity index (χ2n) is 7.95. The van der Waals surface area contributed by atoms with Gasteiger partial charge < -0.3 is 9.47 Å². The molecule has 0 unspecified atom stereocenters. The number of likely N-dealkylation sites (tertiary alicyclic amines) is 1. The van der Waals surface area contributed by atoms with Gasteiger partial charge in [0.25, 0.3) is 0 Å². The van der Waals surface area contributed by atoms with Crippen molar-refractivity contribution >= 4 is 22.4 Å². The molecule has 4 heteroatoms. The van der Waals surface area contributed by atoms with E-state index in [-0.39, 0.29) is 0 Å². The van der Waals surface area contributed by atoms with Gasteiger partial charge in [-0.2, -0.15) is 0 Å². The first-order valence-electron chi connectivity index (χ1n) is 11.1. The lowest BCUT2D eigenvalue weighted by Gasteiger charge is -2.26. The van der Waals surface area contributed by atoms with Crippen LogP contribution in [-0.4, -0.2) is 31.1 Å². The maximum Gasteiger partial charge on any atom is 0.149 e. The molecule has 1 saturated heterocycles. The lowest BCUT2D eigenvalue weighted by Crippen LogP contribution is -2.33. The lowest BCUT2D eigenvalue weighted by atomic mass is 10.1. The number of hydrogen-bond acceptors (Lipinski definition) is 4. The fraction of sp³-hybridized carbons (Fsp3) is 0.259. The van der Waals surface area contributed by atoms with Gasteiger partial charge in [0.1, 0.15) is 23.9 Å². The number of thioether (sulfide) groups is 1. The number of fused-ring (bicyclic) bond motifs is 1. The van der Waals surface area contributed by atoms with Crippen LogP contribution in [-0.2, 0) is 0 Å². The van der Waals surface area contributed by atoms with Crippen molar-refractivity contribution < 1.29 is 9.47 Å². The van der Waals surface area contributed by atoms with Crippen molar-refractivity contribution in [2.75, 3.05) is 26.2 Å². The van der Waals surface area contributed by atoms with Crippen LogP contribution in [0, 0.1) is 0 Å². The van der Waals surface area contributed by atoms with Gasteiger partial charge in [-0.25, -0.2) is 0 Å². The van der Waals surface area contributed by atoms with E-state index in [1.165, 1.54) is 37.9 Å². The Labute approximate surface area is 188 Å². The normalized spacial score (nSPS) is 16.5. The molecule has 0 atom stereocenters. The molecule has 0 spiro atoms. The summed E-state index contributed by atoms with van der Waals surface area (Å²) in [5, 5.41) is 0. The standard InChI is InChI=1S/C27H27NO2S/c1-3-9-22(10-4-1)27-26(30-24-11-5-6-12-25(24)31-27)21-13-15-23(16-14-21)29-20-19-28-17-7-2-8-18-28/h1,3-6,9-16H,2,7-8,17-20H2. The highest BCUT2D eigenvalue weighted by Gasteiger charge is 2.23. The Morgan fingerprint density at radius 2 is 1.52 bits per heavy atom. The van der Waals surface area contributed by atoms with E-state index in [0.717, 1.165) is 45.8 Å². The van der Waals surface area contributed by atoms with E-state index in [1.54, 1.807) is 11.8 Å². The highest BCUT2D eigenvalue weighted by atomic mass is 32.2. The van der Waals surface area contributed by atoms with E-state index >= 15 is 0 Å². The molecule has 0 bridgehead atoms. The molecule has 2 aliphatic heterocycles. The van der Waals surface area contributed by atoms with Crippen molar-refractivity contribution in [1.82, 2.24) is 4.90 Å². The Balaban J connectivity index is 1.34. The minimum Gasteiger partial charge on any atom is -0.492 e. The van der Waals surface area contributed by atoms with Crippen molar-refractivity contribution in [3.05, 3.63) is 90.0 Å². The summed E-state index contributed by atoms with van der Waals surface area (Å²) in [4.78, 5) is 4.78. The van der Waals surface area contributed by atoms with Gasteiger partial charge in [-0.1, -0.05) is 60.6 Å². The molecule has 0 aromatic heterocycles. The molecule has 3 aromatic rings. The van der Waals surface area contributed by atoms with Crippen LogP contribution in [0.2, 0.25) is 0 Å². The summed E-state index contributed by atoms with van der Waals surface area (Å²) >= 11 is 1.76. The predicted molar refractivity (Wildman–Crippen MR) is 128 cm³/mol. The third-order valence-electron chi connectivity index (χ3n) is 5.76. The van der Waals surface area contributed by atoms with Crippen molar-refractivity contribution in [3.8, 4) is 11.5 Å². The summed E-state index contributed by atoms with van der Waals surface area (Å²) in [6.07, 6.45) is 3.99. The number of rotatable bonds is 6. The molecule has 2 aliphatic rings. The van der Waals surface area contributed by atoms with Crippen LogP contribution in [0.1, 0.15) is 30.4 Å². The first-order valence-corrected chi connectivity index (χ1v) is 11.9. The molecule has 2 heterocycles. The molecule has 3 nitrogen and oxygen atoms in total. The average Bonchev–Trinajstić information content (AvgIpc) is 2.85. The van der Waals surface area contributed by atoms with Crippen LogP contribution in [0.5, 0.6) is 11.5 Å². The Hall–Kier alpha value is -2.69. The molecule has 5 rings (SSSR count). The van der Waals surface area contributed by atoms with Crippen LogP contribution in [0.15, 0.2) is 83.8 Å². The topological polar surface area (TPSA) is 21.7 Å². The molecule has 3 aromatic carbocycles. The Morgan fingerprint density at radius 1 is 0.774 bits per heavy atom. The zero-order valence-electron chi connectivity index (χ0n) is 17.6. The molecule has 158 valence electrons. The van der Waals surface area contributed by atoms with Gasteiger partial charge in [0.2, 0.25) is 0 Å².